The number of benzene rings is 2. The van der Waals surface area contributed by atoms with Gasteiger partial charge in [0.25, 0.3) is 0 Å². The quantitative estimate of drug-likeness (QED) is 0.103. The van der Waals surface area contributed by atoms with Crippen molar-refractivity contribution in [3.63, 3.8) is 0 Å². The van der Waals surface area contributed by atoms with Crippen molar-refractivity contribution >= 4 is 57.9 Å². The number of nitrogens with zero attached hydrogens (tertiary/aromatic N) is 8. The molecule has 14 nitrogen and oxygen atoms in total. The molecule has 2 aromatic carbocycles. The Morgan fingerprint density at radius 2 is 1.14 bits per heavy atom. The number of aromatic amines is 2. The van der Waals surface area contributed by atoms with E-state index in [0.717, 1.165) is 28.1 Å². The first kappa shape index (κ1) is 39.8. The van der Waals surface area contributed by atoms with Crippen LogP contribution in [0.2, 0.25) is 5.15 Å². The van der Waals surface area contributed by atoms with Crippen LogP contribution in [0.1, 0.15) is 38.8 Å². The van der Waals surface area contributed by atoms with Gasteiger partial charge in [0.15, 0.2) is 11.6 Å². The molecule has 7 heterocycles. The normalized spacial score (nSPS) is 14.2. The van der Waals surface area contributed by atoms with E-state index in [0.29, 0.717) is 61.1 Å². The van der Waals surface area contributed by atoms with Crippen molar-refractivity contribution in [1.29, 1.82) is 0 Å². The van der Waals surface area contributed by atoms with E-state index in [-0.39, 0.29) is 11.6 Å². The molecule has 1 fully saturated rings. The van der Waals surface area contributed by atoms with Gasteiger partial charge in [-0.25, -0.2) is 38.7 Å². The van der Waals surface area contributed by atoms with Crippen molar-refractivity contribution in [1.82, 2.24) is 50.3 Å². The number of rotatable bonds is 4. The fourth-order valence-corrected chi connectivity index (χ4v) is 6.23. The van der Waals surface area contributed by atoms with Crippen LogP contribution in [0.3, 0.4) is 0 Å². The number of pyridine rings is 2. The molecule has 0 atom stereocenters. The molecule has 6 aromatic heterocycles. The number of anilines is 2. The molecule has 1 aliphatic rings. The monoisotopic (exact) mass is 802 g/mol. The maximum atomic E-state index is 14.1. The van der Waals surface area contributed by atoms with Gasteiger partial charge in [-0.15, -0.1) is 0 Å². The number of nitrogens with two attached hydrogens (primary N) is 2. The van der Waals surface area contributed by atoms with Crippen LogP contribution >= 0.6 is 11.6 Å². The summed E-state index contributed by atoms with van der Waals surface area (Å²) in [5.41, 5.74) is 19.7. The molecule has 18 heteroatoms. The van der Waals surface area contributed by atoms with Crippen LogP contribution in [-0.2, 0) is 9.31 Å². The predicted molar refractivity (Wildman–Crippen MR) is 221 cm³/mol. The van der Waals surface area contributed by atoms with Crippen molar-refractivity contribution in [3.05, 3.63) is 114 Å². The average Bonchev–Trinajstić information content (AvgIpc) is 3.87. The molecule has 0 aliphatic carbocycles. The molecule has 1 saturated heterocycles. The number of fused-ring (bicyclic) bond motifs is 2. The molecule has 294 valence electrons. The standard InChI is InChI=1S/C17H13FN6.C16H20BFN2O2.C7H5ClN4/c1-9-7-22-24-15(9)11-4-10(5-12(18)6-11)13-2-3-14-16(23-13)17(19)21-8-20-14;1-10-9-19-20-14(10)11-6-12(8-13(18)7-11)17-21-15(2,3)16(4,5)22-17;8-5-2-1-4-6(12-5)7(9)11-3-10-4/h2-8H,1H3,(H,22,24)(H2,19,20,21);6-9H,1-5H3,(H,19,20);1-3H,(H2,9,10,11). The van der Waals surface area contributed by atoms with Gasteiger partial charge in [0, 0.05) is 16.7 Å². The lowest BCUT2D eigenvalue weighted by atomic mass is 9.78. The summed E-state index contributed by atoms with van der Waals surface area (Å²) in [6.07, 6.45) is 6.20. The molecular weight excluding hydrogens is 765 g/mol. The number of halogens is 3. The highest BCUT2D eigenvalue weighted by atomic mass is 35.5. The van der Waals surface area contributed by atoms with Crippen molar-refractivity contribution < 1.29 is 18.1 Å². The minimum absolute atomic E-state index is 0.294. The molecule has 0 amide bonds. The molecule has 58 heavy (non-hydrogen) atoms. The number of nitrogens with one attached hydrogen (secondary N) is 2. The number of hydrogen-bond donors (Lipinski definition) is 4. The second-order valence-electron chi connectivity index (χ2n) is 14.5. The highest BCUT2D eigenvalue weighted by molar-refractivity contribution is 6.62. The third kappa shape index (κ3) is 8.32. The highest BCUT2D eigenvalue weighted by Crippen LogP contribution is 2.37. The number of H-pyrrole nitrogens is 2. The minimum atomic E-state index is -0.581. The second kappa shape index (κ2) is 15.8. The Kier molecular flexibility index (Phi) is 10.9. The number of aromatic nitrogens is 10. The zero-order valence-corrected chi connectivity index (χ0v) is 33.1. The fraction of sp³-hybridized carbons (Fsp3) is 0.200. The SMILES string of the molecule is Cc1cn[nH]c1-c1cc(F)cc(-c2ccc3ncnc(N)c3n2)c1.Cc1cn[nH]c1-c1cc(F)cc(B2OC(C)(C)C(C)(C)O2)c1.Nc1ncnc2ccc(Cl)nc12. The fourth-order valence-electron chi connectivity index (χ4n) is 6.09. The summed E-state index contributed by atoms with van der Waals surface area (Å²) >= 11 is 5.67. The Balaban J connectivity index is 0.000000139. The van der Waals surface area contributed by atoms with Crippen LogP contribution in [-0.4, -0.2) is 68.6 Å². The van der Waals surface area contributed by atoms with Crippen LogP contribution in [0.15, 0.2) is 85.7 Å². The van der Waals surface area contributed by atoms with E-state index in [9.17, 15) is 8.78 Å². The lowest BCUT2D eigenvalue weighted by Gasteiger charge is -2.32. The minimum Gasteiger partial charge on any atom is -0.399 e. The first-order chi connectivity index (χ1) is 27.6. The van der Waals surface area contributed by atoms with Gasteiger partial charge in [-0.05, 0) is 113 Å². The predicted octanol–water partition coefficient (Wildman–Crippen LogP) is 7.20. The Bertz CT molecular complexity index is 2760. The molecule has 1 aliphatic heterocycles. The Morgan fingerprint density at radius 1 is 0.638 bits per heavy atom. The smallest absolute Gasteiger partial charge is 0.399 e. The summed E-state index contributed by atoms with van der Waals surface area (Å²) in [7, 11) is -0.581. The molecule has 0 radical (unpaired) electrons. The lowest BCUT2D eigenvalue weighted by Crippen LogP contribution is -2.41. The van der Waals surface area contributed by atoms with Crippen molar-refractivity contribution in [2.24, 2.45) is 0 Å². The first-order valence-electron chi connectivity index (χ1n) is 18.0. The average molecular weight is 803 g/mol. The third-order valence-electron chi connectivity index (χ3n) is 9.86. The lowest BCUT2D eigenvalue weighted by molar-refractivity contribution is 0.00578. The van der Waals surface area contributed by atoms with Gasteiger partial charge in [0.05, 0.1) is 51.7 Å². The zero-order valence-electron chi connectivity index (χ0n) is 32.3. The van der Waals surface area contributed by atoms with Crippen LogP contribution in [0, 0.1) is 25.5 Å². The summed E-state index contributed by atoms with van der Waals surface area (Å²) < 4.78 is 40.1. The van der Waals surface area contributed by atoms with Crippen molar-refractivity contribution in [3.8, 4) is 33.8 Å². The zero-order chi connectivity index (χ0) is 41.4. The molecule has 0 spiro atoms. The van der Waals surface area contributed by atoms with E-state index in [1.54, 1.807) is 36.7 Å². The largest absolute Gasteiger partial charge is 0.494 e. The van der Waals surface area contributed by atoms with Crippen LogP contribution in [0.4, 0.5) is 20.4 Å². The maximum Gasteiger partial charge on any atom is 0.494 e. The van der Waals surface area contributed by atoms with Gasteiger partial charge in [-0.1, -0.05) is 17.7 Å². The third-order valence-corrected chi connectivity index (χ3v) is 10.1. The highest BCUT2D eigenvalue weighted by Gasteiger charge is 2.51. The summed E-state index contributed by atoms with van der Waals surface area (Å²) in [6, 6.07) is 16.6. The van der Waals surface area contributed by atoms with Crippen molar-refractivity contribution in [2.45, 2.75) is 52.7 Å². The van der Waals surface area contributed by atoms with Gasteiger partial charge < -0.3 is 20.8 Å². The van der Waals surface area contributed by atoms with Crippen LogP contribution < -0.4 is 16.9 Å². The van der Waals surface area contributed by atoms with Gasteiger partial charge >= 0.3 is 7.12 Å². The Morgan fingerprint density at radius 3 is 1.69 bits per heavy atom. The summed E-state index contributed by atoms with van der Waals surface area (Å²) in [5, 5.41) is 14.2. The van der Waals surface area contributed by atoms with Crippen LogP contribution in [0.25, 0.3) is 55.8 Å². The van der Waals surface area contributed by atoms with Gasteiger partial charge in [0.2, 0.25) is 0 Å². The first-order valence-corrected chi connectivity index (χ1v) is 18.3. The molecule has 0 unspecified atom stereocenters. The van der Waals surface area contributed by atoms with E-state index < -0.39 is 18.3 Å². The summed E-state index contributed by atoms with van der Waals surface area (Å²) in [6.45, 7) is 11.8. The number of nitrogen functional groups attached to an aromatic ring is 2. The van der Waals surface area contributed by atoms with E-state index >= 15 is 0 Å². The summed E-state index contributed by atoms with van der Waals surface area (Å²) in [5.74, 6) is -0.0303. The van der Waals surface area contributed by atoms with E-state index in [4.69, 9.17) is 32.4 Å². The van der Waals surface area contributed by atoms with E-state index in [1.165, 1.54) is 36.9 Å². The van der Waals surface area contributed by atoms with Gasteiger partial charge in [-0.3, -0.25) is 10.2 Å². The Labute approximate surface area is 337 Å². The molecule has 0 bridgehead atoms. The molecular formula is C40H38BClF2N12O2. The maximum absolute atomic E-state index is 14.1. The van der Waals surface area contributed by atoms with E-state index in [2.05, 4.69) is 50.3 Å². The number of hydrogen-bond acceptors (Lipinski definition) is 12. The molecule has 6 N–H and O–H groups in total. The van der Waals surface area contributed by atoms with Crippen LogP contribution in [0.5, 0.6) is 0 Å². The topological polar surface area (TPSA) is 205 Å². The molecule has 0 saturated carbocycles. The van der Waals surface area contributed by atoms with Crippen molar-refractivity contribution in [2.75, 3.05) is 11.5 Å². The molecule has 8 aromatic rings. The Hall–Kier alpha value is -6.43. The van der Waals surface area contributed by atoms with Gasteiger partial charge in [0.1, 0.15) is 40.5 Å². The second-order valence-corrected chi connectivity index (χ2v) is 14.9. The number of aryl methyl sites for hydroxylation is 2. The van der Waals surface area contributed by atoms with Gasteiger partial charge in [-0.2, -0.15) is 10.2 Å². The van der Waals surface area contributed by atoms with E-state index in [1.807, 2.05) is 53.7 Å². The molecule has 9 rings (SSSR count). The summed E-state index contributed by atoms with van der Waals surface area (Å²) in [4.78, 5) is 24.3.